The number of aromatic nitrogens is 1. The van der Waals surface area contributed by atoms with Gasteiger partial charge in [0.1, 0.15) is 12.0 Å². The molecule has 1 aromatic heterocycles. The fourth-order valence-electron chi connectivity index (χ4n) is 1.44. The Hall–Kier alpha value is -2.14. The van der Waals surface area contributed by atoms with Crippen LogP contribution in [0.5, 0.6) is 0 Å². The van der Waals surface area contributed by atoms with E-state index in [1.54, 1.807) is 12.1 Å². The number of anilines is 1. The summed E-state index contributed by atoms with van der Waals surface area (Å²) in [5, 5.41) is 14.2. The van der Waals surface area contributed by atoms with E-state index in [9.17, 15) is 10.1 Å². The lowest BCUT2D eigenvalue weighted by molar-refractivity contribution is -0.385. The SMILES string of the molecule is O=[N+]([O-])c1ccc(NCc2cccc(Cl)c2)nc1. The molecule has 0 spiro atoms. The second-order valence-electron chi connectivity index (χ2n) is 3.64. The summed E-state index contributed by atoms with van der Waals surface area (Å²) in [5.74, 6) is 0.584. The molecule has 2 aromatic rings. The molecule has 1 heterocycles. The topological polar surface area (TPSA) is 68.1 Å². The first-order valence-corrected chi connectivity index (χ1v) is 5.62. The van der Waals surface area contributed by atoms with Crippen LogP contribution in [-0.4, -0.2) is 9.91 Å². The molecule has 0 saturated carbocycles. The van der Waals surface area contributed by atoms with Gasteiger partial charge >= 0.3 is 0 Å². The first-order valence-electron chi connectivity index (χ1n) is 5.24. The summed E-state index contributed by atoms with van der Waals surface area (Å²) in [6, 6.07) is 10.4. The Morgan fingerprint density at radius 1 is 1.33 bits per heavy atom. The molecule has 0 aliphatic heterocycles. The van der Waals surface area contributed by atoms with Gasteiger partial charge in [-0.3, -0.25) is 10.1 Å². The maximum Gasteiger partial charge on any atom is 0.287 e. The van der Waals surface area contributed by atoms with Crippen molar-refractivity contribution in [2.24, 2.45) is 0 Å². The number of nitro groups is 1. The van der Waals surface area contributed by atoms with Crippen molar-refractivity contribution in [2.75, 3.05) is 5.32 Å². The third-order valence-electron chi connectivity index (χ3n) is 2.32. The zero-order valence-corrected chi connectivity index (χ0v) is 10.1. The van der Waals surface area contributed by atoms with Crippen LogP contribution < -0.4 is 5.32 Å². The Bertz CT molecular complexity index is 558. The van der Waals surface area contributed by atoms with E-state index in [4.69, 9.17) is 11.6 Å². The first-order chi connectivity index (χ1) is 8.65. The summed E-state index contributed by atoms with van der Waals surface area (Å²) in [6.07, 6.45) is 1.22. The predicted octanol–water partition coefficient (Wildman–Crippen LogP) is 3.26. The van der Waals surface area contributed by atoms with Crippen molar-refractivity contribution < 1.29 is 4.92 Å². The average Bonchev–Trinajstić information content (AvgIpc) is 2.37. The van der Waals surface area contributed by atoms with Crippen LogP contribution in [0.4, 0.5) is 11.5 Å². The fraction of sp³-hybridized carbons (Fsp3) is 0.0833. The van der Waals surface area contributed by atoms with Gasteiger partial charge in [0, 0.05) is 17.6 Å². The minimum atomic E-state index is -0.478. The summed E-state index contributed by atoms with van der Waals surface area (Å²) >= 11 is 5.86. The molecule has 0 unspecified atom stereocenters. The van der Waals surface area contributed by atoms with Crippen molar-refractivity contribution in [1.82, 2.24) is 4.98 Å². The zero-order chi connectivity index (χ0) is 13.0. The Morgan fingerprint density at radius 2 is 2.17 bits per heavy atom. The lowest BCUT2D eigenvalue weighted by Crippen LogP contribution is -2.01. The Morgan fingerprint density at radius 3 is 2.78 bits per heavy atom. The van der Waals surface area contributed by atoms with Gasteiger partial charge in [-0.1, -0.05) is 23.7 Å². The molecule has 0 aliphatic rings. The van der Waals surface area contributed by atoms with Gasteiger partial charge in [0.25, 0.3) is 5.69 Å². The molecule has 1 N–H and O–H groups in total. The monoisotopic (exact) mass is 263 g/mol. The van der Waals surface area contributed by atoms with Crippen LogP contribution in [0, 0.1) is 10.1 Å². The summed E-state index contributed by atoms with van der Waals surface area (Å²) < 4.78 is 0. The number of rotatable bonds is 4. The van der Waals surface area contributed by atoms with Gasteiger partial charge in [-0.05, 0) is 23.8 Å². The molecule has 2 rings (SSSR count). The highest BCUT2D eigenvalue weighted by Crippen LogP contribution is 2.14. The number of pyridine rings is 1. The minimum Gasteiger partial charge on any atom is -0.366 e. The smallest absolute Gasteiger partial charge is 0.287 e. The Balaban J connectivity index is 2.00. The number of benzene rings is 1. The highest BCUT2D eigenvalue weighted by atomic mass is 35.5. The van der Waals surface area contributed by atoms with Crippen molar-refractivity contribution in [2.45, 2.75) is 6.54 Å². The van der Waals surface area contributed by atoms with Gasteiger partial charge in [0.2, 0.25) is 0 Å². The van der Waals surface area contributed by atoms with Gasteiger partial charge < -0.3 is 5.32 Å². The largest absolute Gasteiger partial charge is 0.366 e. The van der Waals surface area contributed by atoms with Crippen molar-refractivity contribution in [3.8, 4) is 0 Å². The third-order valence-corrected chi connectivity index (χ3v) is 2.56. The zero-order valence-electron chi connectivity index (χ0n) is 9.34. The number of halogens is 1. The van der Waals surface area contributed by atoms with Crippen molar-refractivity contribution >= 4 is 23.1 Å². The molecule has 0 radical (unpaired) electrons. The van der Waals surface area contributed by atoms with Crippen LogP contribution in [0.25, 0.3) is 0 Å². The maximum absolute atomic E-state index is 10.5. The third kappa shape index (κ3) is 3.18. The lowest BCUT2D eigenvalue weighted by Gasteiger charge is -2.05. The van der Waals surface area contributed by atoms with Gasteiger partial charge in [0.15, 0.2) is 0 Å². The molecule has 1 aromatic carbocycles. The minimum absolute atomic E-state index is 0.0247. The van der Waals surface area contributed by atoms with E-state index in [0.29, 0.717) is 17.4 Å². The second-order valence-corrected chi connectivity index (χ2v) is 4.08. The van der Waals surface area contributed by atoms with Crippen molar-refractivity contribution in [3.05, 3.63) is 63.3 Å². The predicted molar refractivity (Wildman–Crippen MR) is 69.7 cm³/mol. The molecule has 18 heavy (non-hydrogen) atoms. The van der Waals surface area contributed by atoms with Crippen LogP contribution >= 0.6 is 11.6 Å². The molecule has 6 heteroatoms. The van der Waals surface area contributed by atoms with E-state index in [1.165, 1.54) is 12.3 Å². The number of hydrogen-bond acceptors (Lipinski definition) is 4. The highest BCUT2D eigenvalue weighted by molar-refractivity contribution is 6.30. The molecule has 0 amide bonds. The van der Waals surface area contributed by atoms with Gasteiger partial charge in [-0.15, -0.1) is 0 Å². The molecule has 0 aliphatic carbocycles. The Kier molecular flexibility index (Phi) is 3.74. The van der Waals surface area contributed by atoms with E-state index < -0.39 is 4.92 Å². The van der Waals surface area contributed by atoms with Crippen LogP contribution in [-0.2, 0) is 6.54 Å². The lowest BCUT2D eigenvalue weighted by atomic mass is 10.2. The first kappa shape index (κ1) is 12.3. The van der Waals surface area contributed by atoms with E-state index in [1.807, 2.05) is 18.2 Å². The molecule has 0 atom stereocenters. The van der Waals surface area contributed by atoms with E-state index >= 15 is 0 Å². The number of nitrogens with one attached hydrogen (secondary N) is 1. The molecule has 0 bridgehead atoms. The van der Waals surface area contributed by atoms with Crippen molar-refractivity contribution in [1.29, 1.82) is 0 Å². The molecule has 0 fully saturated rings. The fourth-order valence-corrected chi connectivity index (χ4v) is 1.65. The van der Waals surface area contributed by atoms with Crippen LogP contribution in [0.3, 0.4) is 0 Å². The molecular weight excluding hydrogens is 254 g/mol. The number of hydrogen-bond donors (Lipinski definition) is 1. The van der Waals surface area contributed by atoms with Crippen LogP contribution in [0.15, 0.2) is 42.6 Å². The van der Waals surface area contributed by atoms with Gasteiger partial charge in [0.05, 0.1) is 4.92 Å². The molecular formula is C12H10ClN3O2. The summed E-state index contributed by atoms with van der Waals surface area (Å²) in [5.41, 5.74) is 0.992. The highest BCUT2D eigenvalue weighted by Gasteiger charge is 2.04. The summed E-state index contributed by atoms with van der Waals surface area (Å²) in [7, 11) is 0. The summed E-state index contributed by atoms with van der Waals surface area (Å²) in [6.45, 7) is 0.561. The number of nitrogens with zero attached hydrogens (tertiary/aromatic N) is 2. The normalized spacial score (nSPS) is 10.1. The molecule has 92 valence electrons. The van der Waals surface area contributed by atoms with E-state index in [2.05, 4.69) is 10.3 Å². The Labute approximate surface area is 109 Å². The molecule has 0 saturated heterocycles. The quantitative estimate of drug-likeness (QED) is 0.679. The summed E-state index contributed by atoms with van der Waals surface area (Å²) in [4.78, 5) is 13.9. The van der Waals surface area contributed by atoms with E-state index in [-0.39, 0.29) is 5.69 Å². The maximum atomic E-state index is 10.5. The average molecular weight is 264 g/mol. The van der Waals surface area contributed by atoms with Gasteiger partial charge in [-0.25, -0.2) is 4.98 Å². The van der Waals surface area contributed by atoms with Crippen LogP contribution in [0.1, 0.15) is 5.56 Å². The van der Waals surface area contributed by atoms with Crippen molar-refractivity contribution in [3.63, 3.8) is 0 Å². The van der Waals surface area contributed by atoms with Crippen LogP contribution in [0.2, 0.25) is 5.02 Å². The standard InChI is InChI=1S/C12H10ClN3O2/c13-10-3-1-2-9(6-10)7-14-12-5-4-11(8-15-12)16(17)18/h1-6,8H,7H2,(H,14,15). The second kappa shape index (κ2) is 5.46. The van der Waals surface area contributed by atoms with Gasteiger partial charge in [-0.2, -0.15) is 0 Å². The van der Waals surface area contributed by atoms with E-state index in [0.717, 1.165) is 5.56 Å². The molecule has 5 nitrogen and oxygen atoms in total.